The van der Waals surface area contributed by atoms with Gasteiger partial charge in [-0.25, -0.2) is 4.68 Å². The molecule has 0 radical (unpaired) electrons. The Bertz CT molecular complexity index is 1000. The molecular formula is C21H20N4O4. The van der Waals surface area contributed by atoms with Crippen LogP contribution in [0.25, 0.3) is 0 Å². The lowest BCUT2D eigenvalue weighted by Crippen LogP contribution is -2.56. The second-order valence-electron chi connectivity index (χ2n) is 7.05. The lowest BCUT2D eigenvalue weighted by atomic mass is 10.1. The van der Waals surface area contributed by atoms with Gasteiger partial charge in [-0.3, -0.25) is 4.79 Å². The van der Waals surface area contributed by atoms with Crippen molar-refractivity contribution < 1.29 is 19.0 Å². The fourth-order valence-electron chi connectivity index (χ4n) is 3.38. The summed E-state index contributed by atoms with van der Waals surface area (Å²) in [5, 5.41) is 8.34. The summed E-state index contributed by atoms with van der Waals surface area (Å²) in [6.45, 7) is 1.72. The number of aromatic nitrogens is 3. The predicted octanol–water partition coefficient (Wildman–Crippen LogP) is 2.08. The number of amides is 1. The normalized spacial score (nSPS) is 18.2. The molecule has 1 fully saturated rings. The van der Waals surface area contributed by atoms with Crippen LogP contribution in [0.5, 0.6) is 17.2 Å². The van der Waals surface area contributed by atoms with E-state index in [0.29, 0.717) is 31.2 Å². The van der Waals surface area contributed by atoms with Crippen molar-refractivity contribution >= 4 is 5.91 Å². The van der Waals surface area contributed by atoms with Gasteiger partial charge in [0.25, 0.3) is 5.91 Å². The highest BCUT2D eigenvalue weighted by Gasteiger charge is 2.38. The molecule has 0 bridgehead atoms. The van der Waals surface area contributed by atoms with Crippen molar-refractivity contribution in [2.75, 3.05) is 19.7 Å². The summed E-state index contributed by atoms with van der Waals surface area (Å²) in [6, 6.07) is 17.1. The average Bonchev–Trinajstić information content (AvgIpc) is 3.20. The first kappa shape index (κ1) is 17.5. The molecule has 0 N–H and O–H groups in total. The lowest BCUT2D eigenvalue weighted by molar-refractivity contribution is -0.147. The summed E-state index contributed by atoms with van der Waals surface area (Å²) in [6.07, 6.45) is 1.25. The Kier molecular flexibility index (Phi) is 4.51. The zero-order chi connectivity index (χ0) is 19.6. The van der Waals surface area contributed by atoms with Gasteiger partial charge in [0.05, 0.1) is 12.2 Å². The maximum Gasteiger partial charge on any atom is 0.267 e. The number of ether oxygens (including phenoxy) is 3. The molecule has 8 nitrogen and oxygen atoms in total. The molecule has 1 saturated heterocycles. The first-order valence-electron chi connectivity index (χ1n) is 9.52. The minimum atomic E-state index is -0.614. The van der Waals surface area contributed by atoms with E-state index in [9.17, 15) is 4.79 Å². The van der Waals surface area contributed by atoms with Crippen LogP contribution < -0.4 is 14.2 Å². The molecule has 3 heterocycles. The number of nitrogens with zero attached hydrogens (tertiary/aromatic N) is 4. The van der Waals surface area contributed by atoms with Crippen LogP contribution in [0.15, 0.2) is 60.8 Å². The smallest absolute Gasteiger partial charge is 0.267 e. The molecule has 8 heteroatoms. The van der Waals surface area contributed by atoms with Gasteiger partial charge in [-0.05, 0) is 24.3 Å². The largest absolute Gasteiger partial charge is 0.487 e. The average molecular weight is 392 g/mol. The number of fused-ring (bicyclic) bond motifs is 1. The Balaban J connectivity index is 1.13. The van der Waals surface area contributed by atoms with Crippen LogP contribution in [0.3, 0.4) is 0 Å². The van der Waals surface area contributed by atoms with E-state index in [1.54, 1.807) is 9.58 Å². The Morgan fingerprint density at radius 2 is 1.83 bits per heavy atom. The number of likely N-dealkylation sites (tertiary alicyclic amines) is 1. The number of carbonyl (C=O) groups excluding carboxylic acids is 1. The highest BCUT2D eigenvalue weighted by atomic mass is 16.6. The van der Waals surface area contributed by atoms with Crippen LogP contribution >= 0.6 is 0 Å². The topological polar surface area (TPSA) is 78.7 Å². The molecule has 5 rings (SSSR count). The number of carbonyl (C=O) groups is 1. The molecule has 1 aromatic heterocycles. The highest BCUT2D eigenvalue weighted by Crippen LogP contribution is 2.32. The van der Waals surface area contributed by atoms with Crippen molar-refractivity contribution in [3.05, 3.63) is 66.5 Å². The minimum absolute atomic E-state index is 0.0662. The van der Waals surface area contributed by atoms with Crippen LogP contribution in [-0.4, -0.2) is 51.6 Å². The van der Waals surface area contributed by atoms with Crippen molar-refractivity contribution in [1.29, 1.82) is 0 Å². The third-order valence-electron chi connectivity index (χ3n) is 5.02. The summed E-state index contributed by atoms with van der Waals surface area (Å²) in [5.41, 5.74) is 0.749. The van der Waals surface area contributed by atoms with E-state index in [2.05, 4.69) is 10.3 Å². The summed E-state index contributed by atoms with van der Waals surface area (Å²) in [7, 11) is 0. The molecule has 1 amide bonds. The Hall–Kier alpha value is -3.55. The molecule has 0 saturated carbocycles. The van der Waals surface area contributed by atoms with Crippen molar-refractivity contribution in [1.82, 2.24) is 19.9 Å². The second kappa shape index (κ2) is 7.46. The van der Waals surface area contributed by atoms with Gasteiger partial charge in [-0.1, -0.05) is 35.5 Å². The molecule has 3 aromatic rings. The molecule has 1 atom stereocenters. The van der Waals surface area contributed by atoms with Gasteiger partial charge in [-0.15, -0.1) is 5.10 Å². The third-order valence-corrected chi connectivity index (χ3v) is 5.02. The fourth-order valence-corrected chi connectivity index (χ4v) is 3.38. The van der Waals surface area contributed by atoms with Gasteiger partial charge < -0.3 is 19.1 Å². The first-order chi connectivity index (χ1) is 14.3. The fraction of sp³-hybridized carbons (Fsp3) is 0.286. The second-order valence-corrected chi connectivity index (χ2v) is 7.05. The van der Waals surface area contributed by atoms with Crippen molar-refractivity contribution in [3.8, 4) is 17.2 Å². The van der Waals surface area contributed by atoms with Crippen LogP contribution in [0.1, 0.15) is 11.7 Å². The molecule has 148 valence electrons. The molecule has 2 aliphatic rings. The van der Waals surface area contributed by atoms with Crippen LogP contribution in [0, 0.1) is 0 Å². The van der Waals surface area contributed by atoms with Crippen LogP contribution in [0.4, 0.5) is 0 Å². The standard InChI is InChI=1S/C21H20N4O4/c26-21(20-14-28-18-8-4-5-9-19(18)29-20)24-11-16(12-24)25-10-15(22-23-25)13-27-17-6-2-1-3-7-17/h1-10,16,20H,11-14H2/t20-/m1/s1. The number of para-hydroxylation sites is 3. The van der Waals surface area contributed by atoms with E-state index >= 15 is 0 Å². The van der Waals surface area contributed by atoms with E-state index in [0.717, 1.165) is 11.4 Å². The molecule has 2 aromatic carbocycles. The van der Waals surface area contributed by atoms with Crippen LogP contribution in [-0.2, 0) is 11.4 Å². The van der Waals surface area contributed by atoms with Crippen molar-refractivity contribution in [3.63, 3.8) is 0 Å². The maximum atomic E-state index is 12.7. The number of benzene rings is 2. The van der Waals surface area contributed by atoms with E-state index in [1.807, 2.05) is 60.8 Å². The zero-order valence-electron chi connectivity index (χ0n) is 15.7. The predicted molar refractivity (Wildman–Crippen MR) is 103 cm³/mol. The Morgan fingerprint density at radius 3 is 2.66 bits per heavy atom. The van der Waals surface area contributed by atoms with Gasteiger partial charge in [0.2, 0.25) is 6.10 Å². The lowest BCUT2D eigenvalue weighted by Gasteiger charge is -2.41. The van der Waals surface area contributed by atoms with Gasteiger partial charge in [-0.2, -0.15) is 0 Å². The van der Waals surface area contributed by atoms with E-state index in [-0.39, 0.29) is 18.6 Å². The molecule has 0 aliphatic carbocycles. The number of hydrogen-bond donors (Lipinski definition) is 0. The molecule has 29 heavy (non-hydrogen) atoms. The van der Waals surface area contributed by atoms with Gasteiger partial charge >= 0.3 is 0 Å². The summed E-state index contributed by atoms with van der Waals surface area (Å²) >= 11 is 0. The van der Waals surface area contributed by atoms with E-state index < -0.39 is 6.10 Å². The monoisotopic (exact) mass is 392 g/mol. The molecule has 0 spiro atoms. The quantitative estimate of drug-likeness (QED) is 0.662. The van der Waals surface area contributed by atoms with Gasteiger partial charge in [0.15, 0.2) is 11.5 Å². The number of rotatable bonds is 5. The molecular weight excluding hydrogens is 372 g/mol. The minimum Gasteiger partial charge on any atom is -0.487 e. The first-order valence-corrected chi connectivity index (χ1v) is 9.52. The zero-order valence-corrected chi connectivity index (χ0v) is 15.7. The van der Waals surface area contributed by atoms with Gasteiger partial charge in [0.1, 0.15) is 24.7 Å². The van der Waals surface area contributed by atoms with E-state index in [1.165, 1.54) is 0 Å². The molecule has 0 unspecified atom stereocenters. The van der Waals surface area contributed by atoms with Crippen LogP contribution in [0.2, 0.25) is 0 Å². The van der Waals surface area contributed by atoms with Crippen molar-refractivity contribution in [2.45, 2.75) is 18.8 Å². The third kappa shape index (κ3) is 3.61. The Labute approximate surface area is 167 Å². The Morgan fingerprint density at radius 1 is 1.07 bits per heavy atom. The SMILES string of the molecule is O=C([C@H]1COc2ccccc2O1)N1CC(n2cc(COc3ccccc3)nn2)C1. The summed E-state index contributed by atoms with van der Waals surface area (Å²) < 4.78 is 18.9. The number of hydrogen-bond acceptors (Lipinski definition) is 6. The summed E-state index contributed by atoms with van der Waals surface area (Å²) in [4.78, 5) is 14.4. The van der Waals surface area contributed by atoms with E-state index in [4.69, 9.17) is 14.2 Å². The maximum absolute atomic E-state index is 12.7. The summed E-state index contributed by atoms with van der Waals surface area (Å²) in [5.74, 6) is 2.00. The van der Waals surface area contributed by atoms with Gasteiger partial charge in [0, 0.05) is 13.1 Å². The highest BCUT2D eigenvalue weighted by molar-refractivity contribution is 5.82. The molecule has 2 aliphatic heterocycles. The van der Waals surface area contributed by atoms with Crippen molar-refractivity contribution in [2.24, 2.45) is 0 Å².